The molecule has 13 heavy (non-hydrogen) atoms. The number of carbonyl (C=O) groups excluding carboxylic acids is 2. The largest absolute Gasteiger partial charge is 1.00 e. The number of Topliss-reactive ketones (excluding diaryl/α,β-unsaturated/α-hetero) is 1. The maximum atomic E-state index is 10.8. The number of carbonyl (C=O) groups is 2. The van der Waals surface area contributed by atoms with Crippen molar-refractivity contribution in [1.29, 1.82) is 0 Å². The number of hydrogen-bond acceptors (Lipinski definition) is 6. The zero-order chi connectivity index (χ0) is 9.30. The third kappa shape index (κ3) is 2.49. The molecule has 0 aromatic heterocycles. The van der Waals surface area contributed by atoms with Crippen molar-refractivity contribution in [3.8, 4) is 0 Å². The first-order valence-electron chi connectivity index (χ1n) is 3.29. The molecule has 1 heterocycles. The van der Waals surface area contributed by atoms with Gasteiger partial charge in [-0.05, 0) is 0 Å². The van der Waals surface area contributed by atoms with Crippen LogP contribution in [0.15, 0.2) is 0 Å². The topological polar surface area (TPSA) is 104 Å². The van der Waals surface area contributed by atoms with E-state index in [1.54, 1.807) is 0 Å². The Morgan fingerprint density at radius 1 is 1.46 bits per heavy atom. The van der Waals surface area contributed by atoms with Crippen molar-refractivity contribution >= 4 is 11.8 Å². The van der Waals surface area contributed by atoms with E-state index in [1.165, 1.54) is 0 Å². The fourth-order valence-corrected chi connectivity index (χ4v) is 0.883. The van der Waals surface area contributed by atoms with Gasteiger partial charge in [0.2, 0.25) is 11.9 Å². The van der Waals surface area contributed by atoms with Crippen LogP contribution in [0.25, 0.3) is 0 Å². The number of esters is 1. The average molecular weight is 199 g/mol. The minimum atomic E-state index is -1.82. The minimum Gasteiger partial charge on any atom is -0.449 e. The van der Waals surface area contributed by atoms with Crippen LogP contribution in [-0.4, -0.2) is 52.0 Å². The molecule has 0 saturated carbocycles. The van der Waals surface area contributed by atoms with E-state index in [2.05, 4.69) is 4.74 Å². The molecular formula is C6H8NaO6+. The van der Waals surface area contributed by atoms with Crippen LogP contribution in [0.3, 0.4) is 0 Å². The van der Waals surface area contributed by atoms with Crippen LogP contribution in [-0.2, 0) is 14.3 Å². The molecular weight excluding hydrogens is 191 g/mol. The Kier molecular flexibility index (Phi) is 5.05. The van der Waals surface area contributed by atoms with Crippen molar-refractivity contribution in [2.24, 2.45) is 0 Å². The molecule has 1 aliphatic rings. The molecule has 1 rings (SSSR count). The second-order valence-electron chi connectivity index (χ2n) is 2.41. The van der Waals surface area contributed by atoms with Gasteiger partial charge in [0.15, 0.2) is 6.10 Å². The molecule has 3 N–H and O–H groups in total. The van der Waals surface area contributed by atoms with E-state index in [0.717, 1.165) is 0 Å². The van der Waals surface area contributed by atoms with Crippen molar-refractivity contribution in [3.63, 3.8) is 0 Å². The van der Waals surface area contributed by atoms with Gasteiger partial charge in [-0.1, -0.05) is 0 Å². The first-order valence-corrected chi connectivity index (χ1v) is 3.29. The van der Waals surface area contributed by atoms with Crippen molar-refractivity contribution in [3.05, 3.63) is 0 Å². The monoisotopic (exact) mass is 199 g/mol. The maximum Gasteiger partial charge on any atom is 1.00 e. The van der Waals surface area contributed by atoms with E-state index in [9.17, 15) is 9.59 Å². The van der Waals surface area contributed by atoms with Gasteiger partial charge in [0.1, 0.15) is 6.10 Å². The van der Waals surface area contributed by atoms with Crippen molar-refractivity contribution < 1.29 is 59.2 Å². The van der Waals surface area contributed by atoms with Crippen molar-refractivity contribution in [1.82, 2.24) is 0 Å². The Hall–Kier alpha value is 0.0200. The summed E-state index contributed by atoms with van der Waals surface area (Å²) in [7, 11) is 0. The predicted octanol–water partition coefficient (Wildman–Crippen LogP) is -5.80. The molecule has 3 atom stereocenters. The number of rotatable bonds is 2. The molecule has 0 bridgehead atoms. The average Bonchev–Trinajstić information content (AvgIpc) is 2.32. The predicted molar refractivity (Wildman–Crippen MR) is 34.0 cm³/mol. The van der Waals surface area contributed by atoms with Crippen LogP contribution in [0, 0.1) is 0 Å². The Bertz CT molecular complexity index is 217. The second-order valence-corrected chi connectivity index (χ2v) is 2.41. The molecule has 1 unspecified atom stereocenters. The SMILES string of the molecule is O=C1O[C@H]([C@H](O)CO)C(=O)C1O.[Na+]. The molecule has 6 nitrogen and oxygen atoms in total. The smallest absolute Gasteiger partial charge is 0.449 e. The van der Waals surface area contributed by atoms with E-state index >= 15 is 0 Å². The Morgan fingerprint density at radius 3 is 2.31 bits per heavy atom. The molecule has 1 saturated heterocycles. The molecule has 0 aromatic rings. The van der Waals surface area contributed by atoms with Gasteiger partial charge >= 0.3 is 35.5 Å². The molecule has 0 amide bonds. The standard InChI is InChI=1S/C6H8O6.Na/c7-1-2(8)5-3(9)4(10)6(11)12-5;/h2,4-5,7-8,10H,1H2;/q;+1/t2-,4?,5-;/m1./s1. The Morgan fingerprint density at radius 2 is 2.00 bits per heavy atom. The summed E-state index contributed by atoms with van der Waals surface area (Å²) in [5.41, 5.74) is 0. The van der Waals surface area contributed by atoms with Gasteiger partial charge in [-0.15, -0.1) is 0 Å². The van der Waals surface area contributed by atoms with E-state index < -0.39 is 36.7 Å². The molecule has 1 fully saturated rings. The fraction of sp³-hybridized carbons (Fsp3) is 0.667. The summed E-state index contributed by atoms with van der Waals surface area (Å²) in [5.74, 6) is -2.00. The van der Waals surface area contributed by atoms with Crippen LogP contribution in [0.1, 0.15) is 0 Å². The van der Waals surface area contributed by atoms with Gasteiger partial charge in [0.05, 0.1) is 6.61 Å². The molecule has 1 aliphatic heterocycles. The number of hydrogen-bond donors (Lipinski definition) is 3. The second kappa shape index (κ2) is 5.04. The van der Waals surface area contributed by atoms with Crippen LogP contribution in [0.2, 0.25) is 0 Å². The third-order valence-corrected chi connectivity index (χ3v) is 1.55. The first kappa shape index (κ1) is 13.0. The normalized spacial score (nSPS) is 29.5. The van der Waals surface area contributed by atoms with Gasteiger partial charge in [-0.2, -0.15) is 0 Å². The maximum absolute atomic E-state index is 10.8. The van der Waals surface area contributed by atoms with Gasteiger partial charge in [0, 0.05) is 0 Å². The summed E-state index contributed by atoms with van der Waals surface area (Å²) < 4.78 is 4.29. The van der Waals surface area contributed by atoms with Crippen LogP contribution < -0.4 is 29.6 Å². The van der Waals surface area contributed by atoms with Gasteiger partial charge in [-0.25, -0.2) is 4.79 Å². The Labute approximate surface area is 95.8 Å². The third-order valence-electron chi connectivity index (χ3n) is 1.55. The van der Waals surface area contributed by atoms with E-state index in [4.69, 9.17) is 15.3 Å². The molecule has 0 aromatic carbocycles. The molecule has 0 radical (unpaired) electrons. The van der Waals surface area contributed by atoms with E-state index in [0.29, 0.717) is 0 Å². The van der Waals surface area contributed by atoms with E-state index in [-0.39, 0.29) is 29.6 Å². The summed E-state index contributed by atoms with van der Waals surface area (Å²) in [5, 5.41) is 26.1. The van der Waals surface area contributed by atoms with E-state index in [1.807, 2.05) is 0 Å². The van der Waals surface area contributed by atoms with Crippen LogP contribution in [0.4, 0.5) is 0 Å². The Balaban J connectivity index is 0.00000144. The molecule has 7 heteroatoms. The molecule has 0 spiro atoms. The molecule has 68 valence electrons. The number of ether oxygens (including phenoxy) is 1. The summed E-state index contributed by atoms with van der Waals surface area (Å²) in [4.78, 5) is 21.4. The van der Waals surface area contributed by atoms with Crippen molar-refractivity contribution in [2.75, 3.05) is 6.61 Å². The fourth-order valence-electron chi connectivity index (χ4n) is 0.883. The summed E-state index contributed by atoms with van der Waals surface area (Å²) in [6.45, 7) is -0.698. The number of aliphatic hydroxyl groups excluding tert-OH is 3. The van der Waals surface area contributed by atoms with Gasteiger partial charge < -0.3 is 20.1 Å². The van der Waals surface area contributed by atoms with Gasteiger partial charge in [-0.3, -0.25) is 4.79 Å². The minimum absolute atomic E-state index is 0. The van der Waals surface area contributed by atoms with Crippen LogP contribution in [0.5, 0.6) is 0 Å². The van der Waals surface area contributed by atoms with Crippen molar-refractivity contribution in [2.45, 2.75) is 18.3 Å². The summed E-state index contributed by atoms with van der Waals surface area (Å²) >= 11 is 0. The quantitative estimate of drug-likeness (QED) is 0.232. The molecule has 0 aliphatic carbocycles. The summed E-state index contributed by atoms with van der Waals surface area (Å²) in [6, 6.07) is 0. The zero-order valence-electron chi connectivity index (χ0n) is 7.01. The zero-order valence-corrected chi connectivity index (χ0v) is 9.01. The first-order chi connectivity index (χ1) is 5.57. The number of aliphatic hydroxyl groups is 3. The summed E-state index contributed by atoms with van der Waals surface area (Å²) in [6.07, 6.45) is -4.72. The number of cyclic esters (lactones) is 1. The van der Waals surface area contributed by atoms with Gasteiger partial charge in [0.25, 0.3) is 0 Å². The number of ketones is 1. The van der Waals surface area contributed by atoms with Crippen LogP contribution >= 0.6 is 0 Å².